The molecule has 3 rings (SSSR count). The zero-order chi connectivity index (χ0) is 25.0. The van der Waals surface area contributed by atoms with Crippen LogP contribution in [0.5, 0.6) is 0 Å². The van der Waals surface area contributed by atoms with Gasteiger partial charge >= 0.3 is 5.97 Å². The highest BCUT2D eigenvalue weighted by molar-refractivity contribution is 7.43. The van der Waals surface area contributed by atoms with Crippen molar-refractivity contribution in [2.24, 2.45) is 0 Å². The number of terminal acetylenes is 1. The summed E-state index contributed by atoms with van der Waals surface area (Å²) in [6, 6.07) is 15.0. The SMILES string of the molecule is C#C[C@@](C(=O)O)(C(O)Cc1c(C(C)C)nc(-c2ccccc2)n1-c1ccc(F)cc1)[PH](=O)OC. The van der Waals surface area contributed by atoms with Gasteiger partial charge in [0.05, 0.1) is 11.8 Å². The molecule has 0 bridgehead atoms. The van der Waals surface area contributed by atoms with E-state index >= 15 is 0 Å². The van der Waals surface area contributed by atoms with Crippen molar-refractivity contribution in [3.8, 4) is 29.4 Å². The Morgan fingerprint density at radius 1 is 1.24 bits per heavy atom. The number of benzene rings is 2. The third-order valence-electron chi connectivity index (χ3n) is 5.63. The van der Waals surface area contributed by atoms with E-state index in [0.717, 1.165) is 12.7 Å². The highest BCUT2D eigenvalue weighted by atomic mass is 31.1. The third kappa shape index (κ3) is 4.55. The van der Waals surface area contributed by atoms with Crippen molar-refractivity contribution in [2.45, 2.75) is 37.4 Å². The summed E-state index contributed by atoms with van der Waals surface area (Å²) < 4.78 is 32.8. The highest BCUT2D eigenvalue weighted by Crippen LogP contribution is 2.44. The first-order valence-electron chi connectivity index (χ1n) is 10.6. The molecule has 0 saturated heterocycles. The van der Waals surface area contributed by atoms with Crippen LogP contribution in [0.25, 0.3) is 17.1 Å². The van der Waals surface area contributed by atoms with Crippen LogP contribution in [0, 0.1) is 18.2 Å². The van der Waals surface area contributed by atoms with E-state index in [1.54, 1.807) is 16.7 Å². The van der Waals surface area contributed by atoms with Crippen molar-refractivity contribution >= 4 is 14.0 Å². The number of carbonyl (C=O) groups is 1. The molecule has 1 aromatic heterocycles. The van der Waals surface area contributed by atoms with E-state index in [4.69, 9.17) is 15.9 Å². The van der Waals surface area contributed by atoms with Gasteiger partial charge in [0.2, 0.25) is 13.2 Å². The van der Waals surface area contributed by atoms with Crippen LogP contribution < -0.4 is 0 Å². The smallest absolute Gasteiger partial charge is 0.334 e. The predicted octanol–water partition coefficient (Wildman–Crippen LogP) is 4.28. The lowest BCUT2D eigenvalue weighted by Crippen LogP contribution is -2.47. The molecule has 0 fully saturated rings. The number of carboxylic acid groups (broad SMARTS) is 1. The van der Waals surface area contributed by atoms with Gasteiger partial charge in [0.15, 0.2) is 0 Å². The van der Waals surface area contributed by atoms with Crippen LogP contribution in [0.3, 0.4) is 0 Å². The number of aliphatic hydroxyl groups excluding tert-OH is 1. The molecule has 2 unspecified atom stereocenters. The summed E-state index contributed by atoms with van der Waals surface area (Å²) in [6.07, 6.45) is 3.46. The molecule has 0 amide bonds. The molecular formula is C25H26FN2O5P. The summed E-state index contributed by atoms with van der Waals surface area (Å²) in [5.41, 5.74) is 2.39. The summed E-state index contributed by atoms with van der Waals surface area (Å²) in [6.45, 7) is 3.82. The Balaban J connectivity index is 2.28. The minimum atomic E-state index is -3.37. The standard InChI is InChI=1S/C25H26FN2O5P/c1-5-25(24(30)31,34(32)33-4)21(29)15-20-22(16(2)3)27-23(17-9-7-6-8-10-17)28(20)19-13-11-18(26)12-14-19/h1,6-14,16,21,29,34H,15H2,2-4H3,(H,30,31)/t21?,25-/m0/s1. The average molecular weight is 484 g/mol. The first-order chi connectivity index (χ1) is 16.2. The number of imidazole rings is 1. The second kappa shape index (κ2) is 10.4. The van der Waals surface area contributed by atoms with Gasteiger partial charge in [0.1, 0.15) is 11.6 Å². The summed E-state index contributed by atoms with van der Waals surface area (Å²) in [4.78, 5) is 16.9. The van der Waals surface area contributed by atoms with Crippen LogP contribution in [-0.4, -0.2) is 44.1 Å². The molecule has 34 heavy (non-hydrogen) atoms. The van der Waals surface area contributed by atoms with Crippen LogP contribution in [0.15, 0.2) is 54.6 Å². The van der Waals surface area contributed by atoms with E-state index in [1.807, 2.05) is 50.1 Å². The Labute approximate surface area is 198 Å². The number of carboxylic acids is 1. The lowest BCUT2D eigenvalue weighted by atomic mass is 9.95. The molecule has 0 aliphatic rings. The molecule has 178 valence electrons. The van der Waals surface area contributed by atoms with Gasteiger partial charge in [-0.2, -0.15) is 0 Å². The lowest BCUT2D eigenvalue weighted by Gasteiger charge is -2.28. The number of aromatic nitrogens is 2. The highest BCUT2D eigenvalue weighted by Gasteiger charge is 2.51. The fourth-order valence-corrected chi connectivity index (χ4v) is 4.85. The maximum absolute atomic E-state index is 13.7. The number of aliphatic carboxylic acids is 1. The summed E-state index contributed by atoms with van der Waals surface area (Å²) in [7, 11) is -2.29. The topological polar surface area (TPSA) is 102 Å². The molecule has 0 spiro atoms. The van der Waals surface area contributed by atoms with Crippen LogP contribution in [0.1, 0.15) is 31.2 Å². The average Bonchev–Trinajstić information content (AvgIpc) is 3.20. The predicted molar refractivity (Wildman–Crippen MR) is 128 cm³/mol. The van der Waals surface area contributed by atoms with E-state index in [2.05, 4.69) is 0 Å². The van der Waals surface area contributed by atoms with Gasteiger partial charge < -0.3 is 14.7 Å². The maximum Gasteiger partial charge on any atom is 0.334 e. The van der Waals surface area contributed by atoms with E-state index in [-0.39, 0.29) is 12.3 Å². The minimum Gasteiger partial charge on any atom is -0.480 e. The van der Waals surface area contributed by atoms with Crippen molar-refractivity contribution in [3.63, 3.8) is 0 Å². The van der Waals surface area contributed by atoms with Gasteiger partial charge in [-0.05, 0) is 30.2 Å². The van der Waals surface area contributed by atoms with Crippen molar-refractivity contribution in [1.29, 1.82) is 0 Å². The zero-order valence-electron chi connectivity index (χ0n) is 19.0. The molecule has 9 heteroatoms. The second-order valence-corrected chi connectivity index (χ2v) is 9.84. The van der Waals surface area contributed by atoms with Gasteiger partial charge in [0, 0.05) is 30.5 Å². The van der Waals surface area contributed by atoms with E-state index in [0.29, 0.717) is 22.9 Å². The van der Waals surface area contributed by atoms with Gasteiger partial charge in [0.25, 0.3) is 0 Å². The fourth-order valence-electron chi connectivity index (χ4n) is 3.86. The van der Waals surface area contributed by atoms with E-state index in [1.165, 1.54) is 12.1 Å². The monoisotopic (exact) mass is 484 g/mol. The molecule has 2 N–H and O–H groups in total. The molecule has 1 heterocycles. The normalized spacial score (nSPS) is 14.9. The van der Waals surface area contributed by atoms with E-state index in [9.17, 15) is 24.0 Å². The molecule has 0 aliphatic heterocycles. The van der Waals surface area contributed by atoms with Crippen LogP contribution in [0.4, 0.5) is 4.39 Å². The first kappa shape index (κ1) is 25.4. The Hall–Kier alpha value is -3.24. The molecule has 7 nitrogen and oxygen atoms in total. The van der Waals surface area contributed by atoms with Crippen molar-refractivity contribution < 1.29 is 28.5 Å². The fraction of sp³-hybridized carbons (Fsp3) is 0.280. The van der Waals surface area contributed by atoms with Gasteiger partial charge in [-0.25, -0.2) is 14.2 Å². The number of halogens is 1. The largest absolute Gasteiger partial charge is 0.480 e. The van der Waals surface area contributed by atoms with Crippen molar-refractivity contribution in [3.05, 3.63) is 71.8 Å². The number of rotatable bonds is 9. The van der Waals surface area contributed by atoms with Gasteiger partial charge in [-0.3, -0.25) is 9.13 Å². The lowest BCUT2D eigenvalue weighted by molar-refractivity contribution is -0.141. The molecule has 0 radical (unpaired) electrons. The van der Waals surface area contributed by atoms with Gasteiger partial charge in [-0.15, -0.1) is 6.42 Å². The van der Waals surface area contributed by atoms with Crippen molar-refractivity contribution in [2.75, 3.05) is 7.11 Å². The Bertz CT molecular complexity index is 1230. The number of nitrogens with zero attached hydrogens (tertiary/aromatic N) is 2. The summed E-state index contributed by atoms with van der Waals surface area (Å²) in [5.74, 6) is 0.391. The quantitative estimate of drug-likeness (QED) is 0.347. The van der Waals surface area contributed by atoms with E-state index < -0.39 is 31.1 Å². The third-order valence-corrected chi connectivity index (χ3v) is 7.33. The molecule has 0 aliphatic carbocycles. The Morgan fingerprint density at radius 2 is 1.85 bits per heavy atom. The molecular weight excluding hydrogens is 458 g/mol. The molecule has 2 aromatic carbocycles. The van der Waals surface area contributed by atoms with Crippen LogP contribution >= 0.6 is 8.03 Å². The Kier molecular flexibility index (Phi) is 7.73. The number of aliphatic hydroxyl groups is 1. The molecule has 3 atom stereocenters. The number of hydrogen-bond donors (Lipinski definition) is 2. The Morgan fingerprint density at radius 3 is 2.35 bits per heavy atom. The van der Waals surface area contributed by atoms with Crippen LogP contribution in [-0.2, 0) is 20.3 Å². The minimum absolute atomic E-state index is 0.115. The molecule has 3 aromatic rings. The second-order valence-electron chi connectivity index (χ2n) is 8.07. The van der Waals surface area contributed by atoms with Gasteiger partial charge in [-0.1, -0.05) is 50.1 Å². The summed E-state index contributed by atoms with van der Waals surface area (Å²) in [5, 5.41) is 18.5. The first-order valence-corrected chi connectivity index (χ1v) is 11.9. The number of hydrogen-bond acceptors (Lipinski definition) is 5. The zero-order valence-corrected chi connectivity index (χ0v) is 20.0. The molecule has 0 saturated carbocycles. The van der Waals surface area contributed by atoms with Crippen LogP contribution in [0.2, 0.25) is 0 Å². The van der Waals surface area contributed by atoms with Crippen molar-refractivity contribution in [1.82, 2.24) is 9.55 Å². The summed E-state index contributed by atoms with van der Waals surface area (Å²) >= 11 is 0. The maximum atomic E-state index is 13.7.